The van der Waals surface area contributed by atoms with E-state index in [9.17, 15) is 13.9 Å². The maximum absolute atomic E-state index is 13.2. The Labute approximate surface area is 112 Å². The smallest absolute Gasteiger partial charge is 0.126 e. The highest BCUT2D eigenvalue weighted by Gasteiger charge is 2.45. The number of halogens is 2. The number of hydrogen-bond donors (Lipinski definition) is 1. The largest absolute Gasteiger partial charge is 0.389 e. The Morgan fingerprint density at radius 3 is 2.21 bits per heavy atom. The fourth-order valence-corrected chi connectivity index (χ4v) is 3.78. The molecule has 2 heterocycles. The first kappa shape index (κ1) is 13.0. The highest BCUT2D eigenvalue weighted by Crippen LogP contribution is 2.41. The van der Waals surface area contributed by atoms with Crippen LogP contribution in [0.1, 0.15) is 31.2 Å². The third-order valence-electron chi connectivity index (χ3n) is 4.67. The summed E-state index contributed by atoms with van der Waals surface area (Å²) < 4.78 is 26.4. The second kappa shape index (κ2) is 4.53. The topological polar surface area (TPSA) is 23.5 Å². The molecule has 0 aromatic heterocycles. The van der Waals surface area contributed by atoms with E-state index >= 15 is 0 Å². The van der Waals surface area contributed by atoms with E-state index in [-0.39, 0.29) is 0 Å². The summed E-state index contributed by atoms with van der Waals surface area (Å²) in [7, 11) is 2.10. The molecule has 2 nitrogen and oxygen atoms in total. The second-order valence-corrected chi connectivity index (χ2v) is 6.14. The zero-order valence-electron chi connectivity index (χ0n) is 11.1. The van der Waals surface area contributed by atoms with Crippen molar-refractivity contribution < 1.29 is 13.9 Å². The van der Waals surface area contributed by atoms with Crippen molar-refractivity contribution in [3.63, 3.8) is 0 Å². The Hall–Kier alpha value is -1.00. The van der Waals surface area contributed by atoms with Crippen molar-refractivity contribution in [3.8, 4) is 0 Å². The van der Waals surface area contributed by atoms with Gasteiger partial charge in [-0.15, -0.1) is 0 Å². The minimum absolute atomic E-state index is 0.336. The van der Waals surface area contributed by atoms with E-state index in [1.54, 1.807) is 0 Å². The average molecular weight is 267 g/mol. The van der Waals surface area contributed by atoms with Gasteiger partial charge in [0.1, 0.15) is 11.6 Å². The standard InChI is InChI=1S/C15H19F2NO/c1-18-13-2-3-14(18)9-15(19,8-13)7-10-4-11(16)6-12(17)5-10/h4-6,13-14,19H,2-3,7-9H2,1H3. The zero-order chi connectivity index (χ0) is 13.6. The molecule has 3 rings (SSSR count). The molecule has 2 bridgehead atoms. The molecule has 19 heavy (non-hydrogen) atoms. The molecule has 2 atom stereocenters. The van der Waals surface area contributed by atoms with Gasteiger partial charge in [0.15, 0.2) is 0 Å². The fraction of sp³-hybridized carbons (Fsp3) is 0.600. The van der Waals surface area contributed by atoms with Gasteiger partial charge in [0, 0.05) is 24.6 Å². The SMILES string of the molecule is CN1C2CCC1CC(O)(Cc1cc(F)cc(F)c1)C2. The first-order chi connectivity index (χ1) is 8.95. The molecule has 1 aromatic rings. The van der Waals surface area contributed by atoms with E-state index in [0.717, 1.165) is 18.9 Å². The number of fused-ring (bicyclic) bond motifs is 2. The van der Waals surface area contributed by atoms with Crippen LogP contribution in [0.25, 0.3) is 0 Å². The summed E-state index contributed by atoms with van der Waals surface area (Å²) >= 11 is 0. The van der Waals surface area contributed by atoms with Crippen LogP contribution in [0.5, 0.6) is 0 Å². The van der Waals surface area contributed by atoms with Crippen LogP contribution in [0.15, 0.2) is 18.2 Å². The van der Waals surface area contributed by atoms with Gasteiger partial charge in [-0.25, -0.2) is 8.78 Å². The third-order valence-corrected chi connectivity index (χ3v) is 4.67. The molecule has 1 aromatic carbocycles. The average Bonchev–Trinajstić information content (AvgIpc) is 2.53. The van der Waals surface area contributed by atoms with Crippen molar-refractivity contribution in [1.29, 1.82) is 0 Å². The van der Waals surface area contributed by atoms with Crippen LogP contribution in [0.4, 0.5) is 8.78 Å². The van der Waals surface area contributed by atoms with E-state index in [4.69, 9.17) is 0 Å². The van der Waals surface area contributed by atoms with Crippen LogP contribution in [0.3, 0.4) is 0 Å². The number of nitrogens with zero attached hydrogens (tertiary/aromatic N) is 1. The van der Waals surface area contributed by atoms with Gasteiger partial charge in [0.2, 0.25) is 0 Å². The summed E-state index contributed by atoms with van der Waals surface area (Å²) in [5.41, 5.74) is -0.276. The monoisotopic (exact) mass is 267 g/mol. The van der Waals surface area contributed by atoms with Gasteiger partial charge in [-0.05, 0) is 50.4 Å². The Kier molecular flexibility index (Phi) is 3.10. The molecule has 104 valence electrons. The van der Waals surface area contributed by atoms with Crippen LogP contribution in [-0.4, -0.2) is 34.7 Å². The van der Waals surface area contributed by atoms with E-state index in [1.165, 1.54) is 12.1 Å². The number of piperidine rings is 1. The van der Waals surface area contributed by atoms with Gasteiger partial charge in [-0.1, -0.05) is 0 Å². The molecule has 0 spiro atoms. The summed E-state index contributed by atoms with van der Waals surface area (Å²) in [6, 6.07) is 4.32. The van der Waals surface area contributed by atoms with Crippen LogP contribution in [0.2, 0.25) is 0 Å². The first-order valence-corrected chi connectivity index (χ1v) is 6.84. The van der Waals surface area contributed by atoms with Gasteiger partial charge < -0.3 is 10.0 Å². The van der Waals surface area contributed by atoms with E-state index < -0.39 is 17.2 Å². The van der Waals surface area contributed by atoms with Crippen molar-refractivity contribution in [2.24, 2.45) is 0 Å². The number of aliphatic hydroxyl groups is 1. The van der Waals surface area contributed by atoms with Gasteiger partial charge in [-0.3, -0.25) is 0 Å². The third kappa shape index (κ3) is 2.51. The minimum atomic E-state index is -0.821. The van der Waals surface area contributed by atoms with Gasteiger partial charge >= 0.3 is 0 Å². The van der Waals surface area contributed by atoms with Crippen molar-refractivity contribution in [2.75, 3.05) is 7.05 Å². The second-order valence-electron chi connectivity index (χ2n) is 6.14. The molecule has 1 N–H and O–H groups in total. The zero-order valence-corrected chi connectivity index (χ0v) is 11.1. The van der Waals surface area contributed by atoms with Crippen molar-refractivity contribution in [1.82, 2.24) is 4.90 Å². The predicted octanol–water partition coefficient (Wildman–Crippen LogP) is 2.50. The summed E-state index contributed by atoms with van der Waals surface area (Å²) in [5.74, 6) is -1.15. The highest BCUT2D eigenvalue weighted by atomic mass is 19.1. The molecular formula is C15H19F2NO. The fourth-order valence-electron chi connectivity index (χ4n) is 3.78. The first-order valence-electron chi connectivity index (χ1n) is 6.84. The maximum atomic E-state index is 13.2. The van der Waals surface area contributed by atoms with E-state index in [2.05, 4.69) is 11.9 Å². The summed E-state index contributed by atoms with van der Waals surface area (Å²) in [4.78, 5) is 2.33. The van der Waals surface area contributed by atoms with Crippen molar-refractivity contribution in [2.45, 2.75) is 49.8 Å². The molecule has 0 saturated carbocycles. The summed E-state index contributed by atoms with van der Waals surface area (Å²) in [5, 5.41) is 10.7. The van der Waals surface area contributed by atoms with E-state index in [1.807, 2.05) is 0 Å². The maximum Gasteiger partial charge on any atom is 0.126 e. The normalized spacial score (nSPS) is 34.7. The van der Waals surface area contributed by atoms with Crippen LogP contribution in [0, 0.1) is 11.6 Å². The molecule has 0 radical (unpaired) electrons. The molecule has 2 fully saturated rings. The molecule has 2 saturated heterocycles. The van der Waals surface area contributed by atoms with Crippen LogP contribution < -0.4 is 0 Å². The number of hydrogen-bond acceptors (Lipinski definition) is 2. The van der Waals surface area contributed by atoms with Gasteiger partial charge in [0.25, 0.3) is 0 Å². The van der Waals surface area contributed by atoms with Gasteiger partial charge in [0.05, 0.1) is 5.60 Å². The Balaban J connectivity index is 1.79. The molecule has 0 aliphatic carbocycles. The Morgan fingerprint density at radius 1 is 1.16 bits per heavy atom. The molecule has 2 aliphatic rings. The number of rotatable bonds is 2. The molecule has 2 unspecified atom stereocenters. The van der Waals surface area contributed by atoms with E-state index in [0.29, 0.717) is 36.9 Å². The lowest BCUT2D eigenvalue weighted by Crippen LogP contribution is -2.50. The lowest BCUT2D eigenvalue weighted by atomic mass is 9.81. The molecule has 0 amide bonds. The van der Waals surface area contributed by atoms with Crippen molar-refractivity contribution >= 4 is 0 Å². The lowest BCUT2D eigenvalue weighted by molar-refractivity contribution is -0.0437. The van der Waals surface area contributed by atoms with Crippen molar-refractivity contribution in [3.05, 3.63) is 35.4 Å². The van der Waals surface area contributed by atoms with Crippen LogP contribution in [-0.2, 0) is 6.42 Å². The lowest BCUT2D eigenvalue weighted by Gasteiger charge is -2.42. The molecular weight excluding hydrogens is 248 g/mol. The highest BCUT2D eigenvalue weighted by molar-refractivity contribution is 5.21. The molecule has 2 aliphatic heterocycles. The Morgan fingerprint density at radius 2 is 1.68 bits per heavy atom. The van der Waals surface area contributed by atoms with Crippen LogP contribution >= 0.6 is 0 Å². The number of benzene rings is 1. The summed E-state index contributed by atoms with van der Waals surface area (Å²) in [6.07, 6.45) is 3.95. The van der Waals surface area contributed by atoms with Gasteiger partial charge in [-0.2, -0.15) is 0 Å². The Bertz CT molecular complexity index is 457. The molecule has 4 heteroatoms. The quantitative estimate of drug-likeness (QED) is 0.890. The minimum Gasteiger partial charge on any atom is -0.389 e. The predicted molar refractivity (Wildman–Crippen MR) is 68.8 cm³/mol. The summed E-state index contributed by atoms with van der Waals surface area (Å²) in [6.45, 7) is 0.